The molecule has 0 aliphatic rings. The number of hydrogen-bond acceptors (Lipinski definition) is 1. The minimum atomic E-state index is 0.938. The standard InChI is InChI=1S/C5H13N2/c1-3-7-5-4-6-2/h7H,3-5H2,1-2H3. The molecule has 2 nitrogen and oxygen atoms in total. The third-order valence-electron chi connectivity index (χ3n) is 0.762. The third-order valence-corrected chi connectivity index (χ3v) is 0.762. The van der Waals surface area contributed by atoms with Crippen molar-refractivity contribution in [2.24, 2.45) is 0 Å². The molecular weight excluding hydrogens is 88.1 g/mol. The number of nitrogens with zero attached hydrogens (tertiary/aromatic N) is 1. The number of likely N-dealkylation sites (N-methyl/N-ethyl adjacent to an activating group) is 2. The number of hydrogen-bond donors (Lipinski definition) is 1. The van der Waals surface area contributed by atoms with Gasteiger partial charge in [-0.2, -0.15) is 0 Å². The summed E-state index contributed by atoms with van der Waals surface area (Å²) in [5, 5.41) is 7.07. The SMILES string of the molecule is CCNCC[N]C. The summed E-state index contributed by atoms with van der Waals surface area (Å²) >= 11 is 0. The van der Waals surface area contributed by atoms with Crippen LogP contribution >= 0.6 is 0 Å². The van der Waals surface area contributed by atoms with Crippen molar-refractivity contribution in [2.75, 3.05) is 26.7 Å². The Kier molecular flexibility index (Phi) is 5.85. The Balaban J connectivity index is 2.45. The summed E-state index contributed by atoms with van der Waals surface area (Å²) in [6, 6.07) is 0. The van der Waals surface area contributed by atoms with Gasteiger partial charge in [-0.3, -0.25) is 0 Å². The van der Waals surface area contributed by atoms with Crippen LogP contribution in [-0.4, -0.2) is 26.7 Å². The molecule has 43 valence electrons. The first-order chi connectivity index (χ1) is 3.41. The van der Waals surface area contributed by atoms with Gasteiger partial charge in [0.2, 0.25) is 0 Å². The van der Waals surface area contributed by atoms with Crippen molar-refractivity contribution in [3.63, 3.8) is 0 Å². The van der Waals surface area contributed by atoms with E-state index in [1.807, 2.05) is 7.05 Å². The summed E-state index contributed by atoms with van der Waals surface area (Å²) in [6.45, 7) is 5.10. The van der Waals surface area contributed by atoms with Crippen molar-refractivity contribution in [1.82, 2.24) is 10.6 Å². The van der Waals surface area contributed by atoms with E-state index in [2.05, 4.69) is 17.6 Å². The van der Waals surface area contributed by atoms with Gasteiger partial charge in [0.25, 0.3) is 0 Å². The lowest BCUT2D eigenvalue weighted by molar-refractivity contribution is 0.665. The Morgan fingerprint density at radius 3 is 2.71 bits per heavy atom. The normalized spacial score (nSPS) is 9.43. The maximum Gasteiger partial charge on any atom is 0.0255 e. The lowest BCUT2D eigenvalue weighted by atomic mass is 10.6. The molecule has 0 aromatic carbocycles. The second-order valence-electron chi connectivity index (χ2n) is 1.39. The molecular formula is C5H13N2. The Morgan fingerprint density at radius 1 is 1.57 bits per heavy atom. The largest absolute Gasteiger partial charge is 0.316 e. The predicted octanol–water partition coefficient (Wildman–Crippen LogP) is -0.170. The van der Waals surface area contributed by atoms with E-state index in [1.54, 1.807) is 0 Å². The van der Waals surface area contributed by atoms with Gasteiger partial charge >= 0.3 is 0 Å². The zero-order chi connectivity index (χ0) is 5.54. The summed E-state index contributed by atoms with van der Waals surface area (Å²) in [4.78, 5) is 0. The molecule has 0 fully saturated rings. The van der Waals surface area contributed by atoms with Crippen molar-refractivity contribution in [3.05, 3.63) is 0 Å². The van der Waals surface area contributed by atoms with E-state index in [4.69, 9.17) is 0 Å². The van der Waals surface area contributed by atoms with Crippen LogP contribution in [0, 0.1) is 0 Å². The van der Waals surface area contributed by atoms with Gasteiger partial charge in [-0.15, -0.1) is 0 Å². The molecule has 2 heteroatoms. The van der Waals surface area contributed by atoms with Crippen molar-refractivity contribution in [1.29, 1.82) is 0 Å². The van der Waals surface area contributed by atoms with Crippen molar-refractivity contribution in [3.8, 4) is 0 Å². The van der Waals surface area contributed by atoms with Crippen LogP contribution in [0.4, 0.5) is 0 Å². The maximum absolute atomic E-state index is 3.91. The number of nitrogens with one attached hydrogen (secondary N) is 1. The fourth-order valence-corrected chi connectivity index (χ4v) is 0.368. The first-order valence-corrected chi connectivity index (χ1v) is 2.68. The molecule has 0 aromatic rings. The molecule has 0 spiro atoms. The highest BCUT2D eigenvalue weighted by Crippen LogP contribution is 1.54. The Bertz CT molecular complexity index is 25.3. The van der Waals surface area contributed by atoms with Crippen LogP contribution < -0.4 is 10.6 Å². The molecule has 0 saturated heterocycles. The van der Waals surface area contributed by atoms with E-state index in [-0.39, 0.29) is 0 Å². The van der Waals surface area contributed by atoms with Gasteiger partial charge in [0, 0.05) is 20.1 Å². The molecule has 0 aliphatic heterocycles. The van der Waals surface area contributed by atoms with Crippen LogP contribution in [0.2, 0.25) is 0 Å². The third kappa shape index (κ3) is 5.92. The van der Waals surface area contributed by atoms with Gasteiger partial charge in [0.15, 0.2) is 0 Å². The van der Waals surface area contributed by atoms with Gasteiger partial charge in [-0.05, 0) is 6.54 Å². The van der Waals surface area contributed by atoms with E-state index >= 15 is 0 Å². The zero-order valence-corrected chi connectivity index (χ0v) is 5.07. The summed E-state index contributed by atoms with van der Waals surface area (Å²) in [7, 11) is 1.83. The molecule has 0 atom stereocenters. The molecule has 0 heterocycles. The van der Waals surface area contributed by atoms with Gasteiger partial charge in [-0.25, -0.2) is 5.32 Å². The molecule has 0 bridgehead atoms. The fourth-order valence-electron chi connectivity index (χ4n) is 0.368. The highest BCUT2D eigenvalue weighted by molar-refractivity contribution is 4.42. The van der Waals surface area contributed by atoms with Crippen LogP contribution in [0.1, 0.15) is 6.92 Å². The topological polar surface area (TPSA) is 26.1 Å². The Hall–Kier alpha value is -0.0800. The summed E-state index contributed by atoms with van der Waals surface area (Å²) in [5.74, 6) is 0. The molecule has 0 aliphatic carbocycles. The van der Waals surface area contributed by atoms with Gasteiger partial charge in [-0.1, -0.05) is 6.92 Å². The van der Waals surface area contributed by atoms with Crippen molar-refractivity contribution in [2.45, 2.75) is 6.92 Å². The monoisotopic (exact) mass is 101 g/mol. The van der Waals surface area contributed by atoms with Gasteiger partial charge < -0.3 is 5.32 Å². The highest BCUT2D eigenvalue weighted by Gasteiger charge is 1.77. The fraction of sp³-hybridized carbons (Fsp3) is 1.00. The van der Waals surface area contributed by atoms with Gasteiger partial charge in [0.05, 0.1) is 0 Å². The molecule has 0 unspecified atom stereocenters. The second-order valence-corrected chi connectivity index (χ2v) is 1.39. The summed E-state index contributed by atoms with van der Waals surface area (Å²) in [6.07, 6.45) is 0. The molecule has 7 heavy (non-hydrogen) atoms. The summed E-state index contributed by atoms with van der Waals surface area (Å²) < 4.78 is 0. The average Bonchev–Trinajstić information content (AvgIpc) is 1.69. The predicted molar refractivity (Wildman–Crippen MR) is 31.5 cm³/mol. The average molecular weight is 101 g/mol. The van der Waals surface area contributed by atoms with Crippen LogP contribution in [0.25, 0.3) is 0 Å². The van der Waals surface area contributed by atoms with Crippen LogP contribution in [0.15, 0.2) is 0 Å². The first-order valence-electron chi connectivity index (χ1n) is 2.68. The second kappa shape index (κ2) is 5.92. The van der Waals surface area contributed by atoms with E-state index in [0.29, 0.717) is 0 Å². The minimum Gasteiger partial charge on any atom is -0.316 e. The van der Waals surface area contributed by atoms with Gasteiger partial charge in [0.1, 0.15) is 0 Å². The lowest BCUT2D eigenvalue weighted by Crippen LogP contribution is -2.21. The van der Waals surface area contributed by atoms with Crippen LogP contribution in [-0.2, 0) is 0 Å². The molecule has 1 radical (unpaired) electrons. The van der Waals surface area contributed by atoms with Crippen molar-refractivity contribution >= 4 is 0 Å². The molecule has 0 saturated carbocycles. The van der Waals surface area contributed by atoms with E-state index in [0.717, 1.165) is 19.6 Å². The lowest BCUT2D eigenvalue weighted by Gasteiger charge is -1.95. The molecule has 0 rings (SSSR count). The van der Waals surface area contributed by atoms with Crippen LogP contribution in [0.3, 0.4) is 0 Å². The minimum absolute atomic E-state index is 0.938. The summed E-state index contributed by atoms with van der Waals surface area (Å²) in [5.41, 5.74) is 0. The number of rotatable bonds is 4. The van der Waals surface area contributed by atoms with E-state index in [1.165, 1.54) is 0 Å². The molecule has 1 N–H and O–H groups in total. The molecule has 0 amide bonds. The van der Waals surface area contributed by atoms with Crippen molar-refractivity contribution < 1.29 is 0 Å². The van der Waals surface area contributed by atoms with E-state index < -0.39 is 0 Å². The highest BCUT2D eigenvalue weighted by atomic mass is 14.9. The smallest absolute Gasteiger partial charge is 0.0255 e. The Morgan fingerprint density at radius 2 is 2.29 bits per heavy atom. The maximum atomic E-state index is 3.91. The quantitative estimate of drug-likeness (QED) is 0.489. The first kappa shape index (κ1) is 6.92. The van der Waals surface area contributed by atoms with Crippen LogP contribution in [0.5, 0.6) is 0 Å². The van der Waals surface area contributed by atoms with E-state index in [9.17, 15) is 0 Å². The zero-order valence-electron chi connectivity index (χ0n) is 5.07. The molecule has 0 aromatic heterocycles. The Labute approximate surface area is 45.3 Å².